The first-order valence-corrected chi connectivity index (χ1v) is 5.84. The van der Waals surface area contributed by atoms with E-state index in [1.54, 1.807) is 0 Å². The summed E-state index contributed by atoms with van der Waals surface area (Å²) in [5, 5.41) is 0. The molecule has 0 saturated heterocycles. The van der Waals surface area contributed by atoms with Crippen LogP contribution in [0.3, 0.4) is 0 Å². The second kappa shape index (κ2) is 7.52. The minimum atomic E-state index is -1.55. The Balaban J connectivity index is 2.32. The molecular formula is C13H13F3O4. The average molecular weight is 290 g/mol. The molecule has 0 atom stereocenters. The quantitative estimate of drug-likeness (QED) is 0.335. The van der Waals surface area contributed by atoms with Gasteiger partial charge in [0.15, 0.2) is 17.5 Å². The predicted molar refractivity (Wildman–Crippen MR) is 62.7 cm³/mol. The van der Waals surface area contributed by atoms with Crippen molar-refractivity contribution in [2.24, 2.45) is 0 Å². The summed E-state index contributed by atoms with van der Waals surface area (Å²) in [5.41, 5.74) is 0. The van der Waals surface area contributed by atoms with Crippen LogP contribution in [0.4, 0.5) is 13.2 Å². The maximum absolute atomic E-state index is 12.9. The van der Waals surface area contributed by atoms with Crippen molar-refractivity contribution in [2.45, 2.75) is 19.3 Å². The molecule has 1 aromatic carbocycles. The van der Waals surface area contributed by atoms with E-state index in [-0.39, 0.29) is 18.8 Å². The van der Waals surface area contributed by atoms with Gasteiger partial charge in [-0.15, -0.1) is 0 Å². The van der Waals surface area contributed by atoms with E-state index in [4.69, 9.17) is 4.74 Å². The van der Waals surface area contributed by atoms with Gasteiger partial charge in [-0.2, -0.15) is 0 Å². The Morgan fingerprint density at radius 1 is 1.10 bits per heavy atom. The van der Waals surface area contributed by atoms with E-state index in [9.17, 15) is 22.8 Å². The number of halogens is 3. The number of carbonyl (C=O) groups excluding carboxylic acids is 2. The molecule has 110 valence electrons. The molecular weight excluding hydrogens is 277 g/mol. The summed E-state index contributed by atoms with van der Waals surface area (Å²) in [6.07, 6.45) is 0.756. The highest BCUT2D eigenvalue weighted by atomic mass is 19.2. The first-order valence-electron chi connectivity index (χ1n) is 5.84. The molecule has 20 heavy (non-hydrogen) atoms. The fourth-order valence-corrected chi connectivity index (χ4v) is 1.41. The number of ketones is 1. The molecule has 0 aliphatic carbocycles. The van der Waals surface area contributed by atoms with Crippen molar-refractivity contribution >= 4 is 11.8 Å². The van der Waals surface area contributed by atoms with Gasteiger partial charge in [0, 0.05) is 18.6 Å². The Morgan fingerprint density at radius 2 is 1.70 bits per heavy atom. The number of esters is 1. The van der Waals surface area contributed by atoms with Gasteiger partial charge in [0.1, 0.15) is 5.75 Å². The summed E-state index contributed by atoms with van der Waals surface area (Å²) < 4.78 is 47.6. The van der Waals surface area contributed by atoms with Crippen molar-refractivity contribution in [1.82, 2.24) is 0 Å². The van der Waals surface area contributed by atoms with Crippen molar-refractivity contribution in [3.63, 3.8) is 0 Å². The Hall–Kier alpha value is -2.05. The lowest BCUT2D eigenvalue weighted by molar-refractivity contribution is -0.151. The van der Waals surface area contributed by atoms with Gasteiger partial charge in [0.05, 0.1) is 13.7 Å². The fourth-order valence-electron chi connectivity index (χ4n) is 1.41. The van der Waals surface area contributed by atoms with Gasteiger partial charge in [-0.25, -0.2) is 18.0 Å². The number of hydrogen-bond acceptors (Lipinski definition) is 4. The number of carbonyl (C=O) groups is 2. The summed E-state index contributed by atoms with van der Waals surface area (Å²) in [7, 11) is 1.11. The molecule has 0 unspecified atom stereocenters. The van der Waals surface area contributed by atoms with Gasteiger partial charge in [0.25, 0.3) is 0 Å². The van der Waals surface area contributed by atoms with E-state index >= 15 is 0 Å². The number of benzene rings is 1. The van der Waals surface area contributed by atoms with Crippen molar-refractivity contribution < 1.29 is 32.2 Å². The Kier molecular flexibility index (Phi) is 6.02. The standard InChI is InChI=1S/C13H13F3O4/c1-19-13(18)11(17)4-2-3-5-20-8-6-9(14)12(16)10(15)7-8/h6-7H,2-5H2,1H3. The van der Waals surface area contributed by atoms with Crippen LogP contribution < -0.4 is 4.74 Å². The van der Waals surface area contributed by atoms with Gasteiger partial charge < -0.3 is 9.47 Å². The molecule has 4 nitrogen and oxygen atoms in total. The van der Waals surface area contributed by atoms with Crippen LogP contribution in [-0.2, 0) is 14.3 Å². The smallest absolute Gasteiger partial charge is 0.374 e. The van der Waals surface area contributed by atoms with Gasteiger partial charge in [0.2, 0.25) is 5.78 Å². The topological polar surface area (TPSA) is 52.6 Å². The molecule has 0 heterocycles. The van der Waals surface area contributed by atoms with Crippen molar-refractivity contribution in [2.75, 3.05) is 13.7 Å². The molecule has 0 saturated carbocycles. The van der Waals surface area contributed by atoms with Crippen LogP contribution in [0.1, 0.15) is 19.3 Å². The molecule has 0 radical (unpaired) electrons. The lowest BCUT2D eigenvalue weighted by Crippen LogP contribution is -2.15. The molecule has 0 fully saturated rings. The lowest BCUT2D eigenvalue weighted by atomic mass is 10.2. The fraction of sp³-hybridized carbons (Fsp3) is 0.385. The predicted octanol–water partition coefficient (Wildman–Crippen LogP) is 2.40. The molecule has 0 aliphatic rings. The average Bonchev–Trinajstić information content (AvgIpc) is 2.43. The first kappa shape index (κ1) is 16.0. The Labute approximate surface area is 113 Å². The molecule has 0 N–H and O–H groups in total. The van der Waals surface area contributed by atoms with Crippen LogP contribution in [0.25, 0.3) is 0 Å². The van der Waals surface area contributed by atoms with Gasteiger partial charge >= 0.3 is 5.97 Å². The van der Waals surface area contributed by atoms with E-state index in [0.29, 0.717) is 12.8 Å². The van der Waals surface area contributed by atoms with Crippen molar-refractivity contribution in [1.29, 1.82) is 0 Å². The van der Waals surface area contributed by atoms with Crippen LogP contribution in [0.2, 0.25) is 0 Å². The second-order valence-electron chi connectivity index (χ2n) is 3.92. The number of ether oxygens (including phenoxy) is 2. The van der Waals surface area contributed by atoms with Crippen LogP contribution in [0, 0.1) is 17.5 Å². The highest BCUT2D eigenvalue weighted by Gasteiger charge is 2.13. The normalized spacial score (nSPS) is 10.2. The van der Waals surface area contributed by atoms with Crippen LogP contribution in [0.15, 0.2) is 12.1 Å². The van der Waals surface area contributed by atoms with Crippen LogP contribution in [0.5, 0.6) is 5.75 Å². The monoisotopic (exact) mass is 290 g/mol. The maximum atomic E-state index is 12.9. The van der Waals surface area contributed by atoms with Gasteiger partial charge in [-0.3, -0.25) is 4.79 Å². The summed E-state index contributed by atoms with van der Waals surface area (Å²) >= 11 is 0. The Morgan fingerprint density at radius 3 is 2.25 bits per heavy atom. The minimum absolute atomic E-state index is 0.00216. The van der Waals surface area contributed by atoms with E-state index in [1.807, 2.05) is 0 Å². The van der Waals surface area contributed by atoms with Crippen LogP contribution >= 0.6 is 0 Å². The molecule has 0 aromatic heterocycles. The molecule has 0 bridgehead atoms. The largest absolute Gasteiger partial charge is 0.493 e. The number of methoxy groups -OCH3 is 1. The lowest BCUT2D eigenvalue weighted by Gasteiger charge is -2.06. The number of rotatable bonds is 7. The third kappa shape index (κ3) is 4.56. The summed E-state index contributed by atoms with van der Waals surface area (Å²) in [4.78, 5) is 21.9. The molecule has 1 rings (SSSR count). The van der Waals surface area contributed by atoms with Gasteiger partial charge in [-0.05, 0) is 12.8 Å². The van der Waals surface area contributed by atoms with E-state index in [1.165, 1.54) is 0 Å². The van der Waals surface area contributed by atoms with Crippen molar-refractivity contribution in [3.8, 4) is 5.75 Å². The van der Waals surface area contributed by atoms with E-state index in [0.717, 1.165) is 19.2 Å². The molecule has 7 heteroatoms. The molecule has 1 aromatic rings. The highest BCUT2D eigenvalue weighted by molar-refractivity contribution is 6.33. The summed E-state index contributed by atoms with van der Waals surface area (Å²) in [6.45, 7) is 0.0823. The third-order valence-corrected chi connectivity index (χ3v) is 2.44. The molecule has 0 aliphatic heterocycles. The van der Waals surface area contributed by atoms with Crippen LogP contribution in [-0.4, -0.2) is 25.5 Å². The second-order valence-corrected chi connectivity index (χ2v) is 3.92. The number of Topliss-reactive ketones (excluding diaryl/α,β-unsaturated/α-hetero) is 1. The highest BCUT2D eigenvalue weighted by Crippen LogP contribution is 2.19. The summed E-state index contributed by atoms with van der Waals surface area (Å²) in [6, 6.07) is 1.47. The van der Waals surface area contributed by atoms with Gasteiger partial charge in [-0.1, -0.05) is 0 Å². The maximum Gasteiger partial charge on any atom is 0.374 e. The number of hydrogen-bond donors (Lipinski definition) is 0. The summed E-state index contributed by atoms with van der Waals surface area (Å²) in [5.74, 6) is -5.91. The molecule has 0 spiro atoms. The zero-order valence-corrected chi connectivity index (χ0v) is 10.8. The van der Waals surface area contributed by atoms with E-state index < -0.39 is 29.2 Å². The first-order chi connectivity index (χ1) is 9.45. The zero-order chi connectivity index (χ0) is 15.1. The minimum Gasteiger partial charge on any atom is -0.493 e. The SMILES string of the molecule is COC(=O)C(=O)CCCCOc1cc(F)c(F)c(F)c1. The van der Waals surface area contributed by atoms with Crippen molar-refractivity contribution in [3.05, 3.63) is 29.6 Å². The number of unbranched alkanes of at least 4 members (excludes halogenated alkanes) is 1. The third-order valence-electron chi connectivity index (χ3n) is 2.44. The molecule has 0 amide bonds. The van der Waals surface area contributed by atoms with E-state index in [2.05, 4.69) is 4.74 Å². The zero-order valence-electron chi connectivity index (χ0n) is 10.8. The Bertz CT molecular complexity index is 479.